The molecule has 0 radical (unpaired) electrons. The molecule has 1 aliphatic rings. The largest absolute Gasteiger partial charge is 0.384 e. The molecular formula is C21H27N5O2. The van der Waals surface area contributed by atoms with Crippen LogP contribution in [-0.2, 0) is 24.2 Å². The minimum atomic E-state index is 0.152. The first-order valence-corrected chi connectivity index (χ1v) is 9.93. The van der Waals surface area contributed by atoms with Gasteiger partial charge in [-0.1, -0.05) is 41.9 Å². The second kappa shape index (κ2) is 9.12. The molecule has 0 aliphatic carbocycles. The van der Waals surface area contributed by atoms with E-state index in [2.05, 4.69) is 55.1 Å². The molecule has 3 heterocycles. The predicted molar refractivity (Wildman–Crippen MR) is 105 cm³/mol. The number of imidazole rings is 1. The van der Waals surface area contributed by atoms with Gasteiger partial charge in [0.25, 0.3) is 0 Å². The lowest BCUT2D eigenvalue weighted by Gasteiger charge is -2.33. The van der Waals surface area contributed by atoms with Crippen molar-refractivity contribution in [1.82, 2.24) is 24.6 Å². The Morgan fingerprint density at radius 3 is 2.93 bits per heavy atom. The number of aromatic nitrogens is 4. The predicted octanol–water partition coefficient (Wildman–Crippen LogP) is 3.23. The molecule has 7 nitrogen and oxygen atoms in total. The zero-order valence-electron chi connectivity index (χ0n) is 16.3. The number of ether oxygens (including phenoxy) is 1. The van der Waals surface area contributed by atoms with Crippen LogP contribution in [0.25, 0.3) is 0 Å². The van der Waals surface area contributed by atoms with Crippen molar-refractivity contribution >= 4 is 0 Å². The Morgan fingerprint density at radius 2 is 2.07 bits per heavy atom. The van der Waals surface area contributed by atoms with Crippen LogP contribution >= 0.6 is 0 Å². The quantitative estimate of drug-likeness (QED) is 0.597. The first kappa shape index (κ1) is 18.8. The molecule has 1 saturated heterocycles. The van der Waals surface area contributed by atoms with E-state index in [9.17, 15) is 0 Å². The molecule has 0 saturated carbocycles. The van der Waals surface area contributed by atoms with Crippen LogP contribution < -0.4 is 0 Å². The number of benzene rings is 1. The average molecular weight is 381 g/mol. The van der Waals surface area contributed by atoms with Gasteiger partial charge in [0.05, 0.1) is 19.2 Å². The molecule has 0 amide bonds. The van der Waals surface area contributed by atoms with Crippen LogP contribution in [-0.4, -0.2) is 44.9 Å². The summed E-state index contributed by atoms with van der Waals surface area (Å²) in [5.41, 5.74) is 1.27. The maximum Gasteiger partial charge on any atom is 0.244 e. The van der Waals surface area contributed by atoms with E-state index < -0.39 is 0 Å². The van der Waals surface area contributed by atoms with Gasteiger partial charge >= 0.3 is 0 Å². The molecule has 0 bridgehead atoms. The first-order valence-electron chi connectivity index (χ1n) is 9.93. The normalized spacial score (nSPS) is 17.8. The fourth-order valence-electron chi connectivity index (χ4n) is 3.76. The van der Waals surface area contributed by atoms with E-state index in [-0.39, 0.29) is 6.04 Å². The molecule has 3 aromatic rings. The van der Waals surface area contributed by atoms with Gasteiger partial charge < -0.3 is 13.8 Å². The highest BCUT2D eigenvalue weighted by atomic mass is 16.5. The average Bonchev–Trinajstić information content (AvgIpc) is 3.37. The van der Waals surface area contributed by atoms with Crippen molar-refractivity contribution in [3.63, 3.8) is 0 Å². The third kappa shape index (κ3) is 4.48. The molecule has 28 heavy (non-hydrogen) atoms. The van der Waals surface area contributed by atoms with Gasteiger partial charge in [-0.3, -0.25) is 4.90 Å². The molecule has 1 aliphatic heterocycles. The second-order valence-electron chi connectivity index (χ2n) is 7.23. The van der Waals surface area contributed by atoms with E-state index in [1.807, 2.05) is 12.3 Å². The van der Waals surface area contributed by atoms with Gasteiger partial charge in [-0.2, -0.15) is 4.98 Å². The van der Waals surface area contributed by atoms with Crippen molar-refractivity contribution in [1.29, 1.82) is 0 Å². The molecule has 4 rings (SSSR count). The van der Waals surface area contributed by atoms with Crippen LogP contribution in [0.5, 0.6) is 0 Å². The SMILES string of the molecule is COCCc1noc(C2CCCCN2Cc2nccn2Cc2ccccc2)n1. The Morgan fingerprint density at radius 1 is 1.18 bits per heavy atom. The molecule has 148 valence electrons. The molecule has 1 aromatic carbocycles. The summed E-state index contributed by atoms with van der Waals surface area (Å²) in [6.07, 6.45) is 8.00. The van der Waals surface area contributed by atoms with E-state index in [1.54, 1.807) is 7.11 Å². The standard InChI is InChI=1S/C21H27N5O2/c1-27-14-10-19-23-21(28-24-19)18-9-5-6-12-25(18)16-20-22-11-13-26(20)15-17-7-3-2-4-8-17/h2-4,7-8,11,13,18H,5-6,9-10,12,14-16H2,1H3. The number of nitrogens with zero attached hydrogens (tertiary/aromatic N) is 5. The smallest absolute Gasteiger partial charge is 0.244 e. The first-order chi connectivity index (χ1) is 13.8. The summed E-state index contributed by atoms with van der Waals surface area (Å²) in [6.45, 7) is 3.22. The van der Waals surface area contributed by atoms with Crippen molar-refractivity contribution in [2.45, 2.75) is 44.8 Å². The van der Waals surface area contributed by atoms with E-state index in [0.29, 0.717) is 24.7 Å². The van der Waals surface area contributed by atoms with E-state index in [0.717, 1.165) is 31.9 Å². The lowest BCUT2D eigenvalue weighted by atomic mass is 10.0. The molecule has 1 unspecified atom stereocenters. The van der Waals surface area contributed by atoms with Gasteiger partial charge in [0.15, 0.2) is 5.82 Å². The van der Waals surface area contributed by atoms with E-state index >= 15 is 0 Å². The summed E-state index contributed by atoms with van der Waals surface area (Å²) in [7, 11) is 1.68. The maximum absolute atomic E-state index is 5.59. The lowest BCUT2D eigenvalue weighted by molar-refractivity contribution is 0.107. The fraction of sp³-hybridized carbons (Fsp3) is 0.476. The van der Waals surface area contributed by atoms with Crippen molar-refractivity contribution in [3.05, 3.63) is 65.8 Å². The summed E-state index contributed by atoms with van der Waals surface area (Å²) in [4.78, 5) is 11.7. The van der Waals surface area contributed by atoms with E-state index in [1.165, 1.54) is 18.4 Å². The van der Waals surface area contributed by atoms with Crippen LogP contribution in [0.15, 0.2) is 47.2 Å². The summed E-state index contributed by atoms with van der Waals surface area (Å²) in [5.74, 6) is 2.50. The fourth-order valence-corrected chi connectivity index (χ4v) is 3.76. The summed E-state index contributed by atoms with van der Waals surface area (Å²) in [6, 6.07) is 10.6. The molecular weight excluding hydrogens is 354 g/mol. The minimum absolute atomic E-state index is 0.152. The molecule has 0 spiro atoms. The van der Waals surface area contributed by atoms with Crippen molar-refractivity contribution in [2.24, 2.45) is 0 Å². The van der Waals surface area contributed by atoms with Gasteiger partial charge in [-0.05, 0) is 24.9 Å². The Hall–Kier alpha value is -2.51. The van der Waals surface area contributed by atoms with Crippen LogP contribution in [0.1, 0.15) is 48.4 Å². The number of likely N-dealkylation sites (tertiary alicyclic amines) is 1. The zero-order valence-corrected chi connectivity index (χ0v) is 16.3. The number of hydrogen-bond donors (Lipinski definition) is 0. The monoisotopic (exact) mass is 381 g/mol. The highest BCUT2D eigenvalue weighted by Crippen LogP contribution is 2.31. The van der Waals surface area contributed by atoms with Crippen molar-refractivity contribution in [3.8, 4) is 0 Å². The van der Waals surface area contributed by atoms with Gasteiger partial charge in [0.2, 0.25) is 5.89 Å². The molecule has 7 heteroatoms. The Bertz CT molecular complexity index is 861. The van der Waals surface area contributed by atoms with Gasteiger partial charge in [-0.25, -0.2) is 4.98 Å². The lowest BCUT2D eigenvalue weighted by Crippen LogP contribution is -2.34. The third-order valence-electron chi connectivity index (χ3n) is 5.25. The van der Waals surface area contributed by atoms with Crippen molar-refractivity contribution in [2.75, 3.05) is 20.3 Å². The van der Waals surface area contributed by atoms with Gasteiger partial charge in [0.1, 0.15) is 5.82 Å². The highest BCUT2D eigenvalue weighted by Gasteiger charge is 2.29. The van der Waals surface area contributed by atoms with Gasteiger partial charge in [-0.15, -0.1) is 0 Å². The van der Waals surface area contributed by atoms with Crippen molar-refractivity contribution < 1.29 is 9.26 Å². The maximum atomic E-state index is 5.59. The highest BCUT2D eigenvalue weighted by molar-refractivity contribution is 5.16. The molecule has 2 aromatic heterocycles. The van der Waals surface area contributed by atoms with Crippen LogP contribution in [0, 0.1) is 0 Å². The topological polar surface area (TPSA) is 69.2 Å². The zero-order chi connectivity index (χ0) is 19.2. The summed E-state index contributed by atoms with van der Waals surface area (Å²) in [5, 5.41) is 4.12. The Balaban J connectivity index is 1.47. The second-order valence-corrected chi connectivity index (χ2v) is 7.23. The van der Waals surface area contributed by atoms with Gasteiger partial charge in [0, 0.05) is 32.5 Å². The minimum Gasteiger partial charge on any atom is -0.384 e. The molecule has 1 atom stereocenters. The number of methoxy groups -OCH3 is 1. The molecule has 1 fully saturated rings. The number of piperidine rings is 1. The summed E-state index contributed by atoms with van der Waals surface area (Å²) >= 11 is 0. The van der Waals surface area contributed by atoms with Crippen LogP contribution in [0.3, 0.4) is 0 Å². The number of hydrogen-bond acceptors (Lipinski definition) is 6. The Labute approximate surface area is 165 Å². The third-order valence-corrected chi connectivity index (χ3v) is 5.25. The molecule has 0 N–H and O–H groups in total. The van der Waals surface area contributed by atoms with E-state index in [4.69, 9.17) is 9.26 Å². The number of rotatable bonds is 8. The van der Waals surface area contributed by atoms with Crippen LogP contribution in [0.2, 0.25) is 0 Å². The Kier molecular flexibility index (Phi) is 6.14. The summed E-state index contributed by atoms with van der Waals surface area (Å²) < 4.78 is 12.9. The van der Waals surface area contributed by atoms with Crippen LogP contribution in [0.4, 0.5) is 0 Å².